The lowest BCUT2D eigenvalue weighted by Gasteiger charge is -2.39. The molecule has 54 heavy (non-hydrogen) atoms. The van der Waals surface area contributed by atoms with Gasteiger partial charge in [0.05, 0.1) is 17.4 Å². The van der Waals surface area contributed by atoms with E-state index in [0.29, 0.717) is 36.0 Å². The minimum Gasteiger partial charge on any atom is -0.358 e. The molecule has 2 unspecified atom stereocenters. The van der Waals surface area contributed by atoms with E-state index >= 15 is 0 Å². The van der Waals surface area contributed by atoms with E-state index in [1.807, 2.05) is 32.3 Å². The summed E-state index contributed by atoms with van der Waals surface area (Å²) in [5, 5.41) is 3.41. The number of alkyl halides is 3. The molecule has 0 aliphatic heterocycles. The number of Topliss-reactive ketones (excluding diaryl/α,β-unsaturated/α-hetero) is 3. The lowest BCUT2D eigenvalue weighted by atomic mass is 9.72. The summed E-state index contributed by atoms with van der Waals surface area (Å²) in [4.78, 5) is 62.8. The Morgan fingerprint density at radius 1 is 0.963 bits per heavy atom. The second-order valence-electron chi connectivity index (χ2n) is 15.1. The summed E-state index contributed by atoms with van der Waals surface area (Å²) in [6, 6.07) is 9.92. The fourth-order valence-electron chi connectivity index (χ4n) is 7.77. The number of hydrogen-bond acceptors (Lipinski definition) is 5. The molecule has 2 heterocycles. The van der Waals surface area contributed by atoms with Crippen LogP contribution in [-0.4, -0.2) is 43.3 Å². The highest BCUT2D eigenvalue weighted by molar-refractivity contribution is 5.97. The zero-order valence-corrected chi connectivity index (χ0v) is 31.4. The number of benzene rings is 2. The van der Waals surface area contributed by atoms with Crippen molar-refractivity contribution in [1.82, 2.24) is 19.9 Å². The summed E-state index contributed by atoms with van der Waals surface area (Å²) in [6.07, 6.45) is 2.00. The quantitative estimate of drug-likeness (QED) is 0.0993. The van der Waals surface area contributed by atoms with Gasteiger partial charge in [-0.1, -0.05) is 70.9 Å². The third kappa shape index (κ3) is 9.36. The molecule has 1 aliphatic rings. The Morgan fingerprint density at radius 3 is 2.37 bits per heavy atom. The Kier molecular flexibility index (Phi) is 13.0. The number of carbonyl (C=O) groups excluding carboxylic acids is 4. The first-order chi connectivity index (χ1) is 25.7. The first kappa shape index (κ1) is 40.6. The average molecular weight is 751 g/mol. The van der Waals surface area contributed by atoms with Crippen molar-refractivity contribution in [2.45, 2.75) is 110 Å². The Balaban J connectivity index is 1.47. The van der Waals surface area contributed by atoms with Crippen molar-refractivity contribution in [3.05, 3.63) is 89.4 Å². The average Bonchev–Trinajstić information content (AvgIpc) is 3.80. The van der Waals surface area contributed by atoms with E-state index in [1.54, 1.807) is 30.9 Å². The van der Waals surface area contributed by atoms with E-state index in [1.165, 1.54) is 24.3 Å². The number of carbonyl (C=O) groups is 4. The molecule has 8 nitrogen and oxygen atoms in total. The molecule has 12 heteroatoms. The Labute approximate surface area is 313 Å². The minimum atomic E-state index is -4.61. The number of hydrogen-bond donors (Lipinski definition) is 2. The molecule has 5 atom stereocenters. The number of amides is 1. The van der Waals surface area contributed by atoms with Gasteiger partial charge >= 0.3 is 6.18 Å². The lowest BCUT2D eigenvalue weighted by Crippen LogP contribution is -2.60. The number of para-hydroxylation sites is 1. The van der Waals surface area contributed by atoms with Gasteiger partial charge in [-0.2, -0.15) is 13.2 Å². The number of nitrogens with zero attached hydrogens (tertiary/aromatic N) is 2. The maximum Gasteiger partial charge on any atom is 0.418 e. The minimum absolute atomic E-state index is 0.00711. The fraction of sp³-hybridized carbons (Fsp3) is 0.500. The molecule has 2 N–H and O–H groups in total. The highest BCUT2D eigenvalue weighted by atomic mass is 19.4. The first-order valence-electron chi connectivity index (χ1n) is 18.9. The molecule has 5 rings (SSSR count). The summed E-state index contributed by atoms with van der Waals surface area (Å²) in [6.45, 7) is 8.17. The highest BCUT2D eigenvalue weighted by Gasteiger charge is 2.46. The predicted molar refractivity (Wildman–Crippen MR) is 198 cm³/mol. The van der Waals surface area contributed by atoms with Gasteiger partial charge in [0.2, 0.25) is 5.91 Å². The zero-order chi connectivity index (χ0) is 39.2. The van der Waals surface area contributed by atoms with Crippen molar-refractivity contribution in [3.8, 4) is 0 Å². The van der Waals surface area contributed by atoms with Gasteiger partial charge < -0.3 is 14.9 Å². The van der Waals surface area contributed by atoms with E-state index in [4.69, 9.17) is 0 Å². The number of halogens is 4. The van der Waals surface area contributed by atoms with Gasteiger partial charge in [-0.05, 0) is 53.9 Å². The Hall–Kier alpha value is -4.61. The van der Waals surface area contributed by atoms with Crippen molar-refractivity contribution in [2.24, 2.45) is 23.7 Å². The molecule has 1 aliphatic carbocycles. The van der Waals surface area contributed by atoms with Gasteiger partial charge in [-0.15, -0.1) is 0 Å². The maximum atomic E-state index is 14.8. The number of nitrogens with one attached hydrogen (secondary N) is 2. The van der Waals surface area contributed by atoms with Crippen molar-refractivity contribution in [3.63, 3.8) is 0 Å². The molecule has 2 aromatic heterocycles. The third-order valence-corrected chi connectivity index (χ3v) is 11.6. The fourth-order valence-corrected chi connectivity index (χ4v) is 7.77. The molecule has 0 saturated carbocycles. The van der Waals surface area contributed by atoms with E-state index in [9.17, 15) is 36.7 Å². The van der Waals surface area contributed by atoms with E-state index in [2.05, 4.69) is 15.3 Å². The Bertz CT molecular complexity index is 1950. The summed E-state index contributed by atoms with van der Waals surface area (Å²) in [5.74, 6) is -3.10. The number of aromatic nitrogens is 3. The van der Waals surface area contributed by atoms with Crippen LogP contribution in [0.25, 0.3) is 10.9 Å². The number of aromatic amines is 1. The predicted octanol–water partition coefficient (Wildman–Crippen LogP) is 8.40. The maximum absolute atomic E-state index is 14.8. The molecular formula is C42H50F4N4O4. The van der Waals surface area contributed by atoms with Crippen LogP contribution in [0.3, 0.4) is 0 Å². The van der Waals surface area contributed by atoms with Crippen LogP contribution in [0.2, 0.25) is 0 Å². The van der Waals surface area contributed by atoms with Gasteiger partial charge in [0.1, 0.15) is 22.9 Å². The highest BCUT2D eigenvalue weighted by Crippen LogP contribution is 2.41. The van der Waals surface area contributed by atoms with Crippen LogP contribution in [0.15, 0.2) is 61.2 Å². The van der Waals surface area contributed by atoms with Crippen LogP contribution in [-0.2, 0) is 51.2 Å². The van der Waals surface area contributed by atoms with Crippen LogP contribution in [0.5, 0.6) is 0 Å². The topological polar surface area (TPSA) is 114 Å². The van der Waals surface area contributed by atoms with Crippen LogP contribution >= 0.6 is 0 Å². The number of aryl methyl sites for hydroxylation is 2. The van der Waals surface area contributed by atoms with Gasteiger partial charge in [0, 0.05) is 74.5 Å². The molecule has 0 saturated heterocycles. The number of H-pyrrole nitrogens is 1. The number of imidazole rings is 1. The molecular weight excluding hydrogens is 700 g/mol. The molecule has 4 aromatic rings. The lowest BCUT2D eigenvalue weighted by molar-refractivity contribution is -0.138. The van der Waals surface area contributed by atoms with Crippen molar-refractivity contribution in [1.29, 1.82) is 0 Å². The third-order valence-electron chi connectivity index (χ3n) is 11.6. The first-order valence-corrected chi connectivity index (χ1v) is 18.9. The van der Waals surface area contributed by atoms with E-state index in [0.717, 1.165) is 6.07 Å². The SMILES string of the molecule is CCC(C)[C@@H](CC(=O)CCn1ccnc1)CC(=O)[C@@]1(NC(=O)[C@@H](CC(=O)Cc2ccccc2F)C(C)CC)CCc2[nH]c3c(C(F)(F)F)cccc3c2C1. The molecule has 290 valence electrons. The van der Waals surface area contributed by atoms with E-state index < -0.39 is 34.9 Å². The van der Waals surface area contributed by atoms with Gasteiger partial charge in [0.15, 0.2) is 5.78 Å². The molecule has 0 fully saturated rings. The standard InChI is InChI=1S/C42H50F4N4O4/c1-5-26(3)29(21-30(51)15-18-50-19-17-47-25-50)22-38(53)41(16-14-37-34(24-41)32-11-9-12-35(39(32)48-37)42(44,45)46)49-40(54)33(27(4)6-2)23-31(52)20-28-10-7-8-13-36(28)43/h7-13,17,19,25-27,29,33,48H,5-6,14-16,18,20-24H2,1-4H3,(H,49,54)/t26?,27?,29-,33-,41+/m0/s1. The van der Waals surface area contributed by atoms with Gasteiger partial charge in [0.25, 0.3) is 0 Å². The van der Waals surface area contributed by atoms with Crippen LogP contribution in [0, 0.1) is 29.5 Å². The summed E-state index contributed by atoms with van der Waals surface area (Å²) < 4.78 is 58.5. The van der Waals surface area contributed by atoms with Crippen molar-refractivity contribution in [2.75, 3.05) is 0 Å². The van der Waals surface area contributed by atoms with Crippen LogP contribution < -0.4 is 5.32 Å². The Morgan fingerprint density at radius 2 is 1.70 bits per heavy atom. The molecule has 0 radical (unpaired) electrons. The largest absolute Gasteiger partial charge is 0.418 e. The normalized spacial score (nSPS) is 18.1. The molecule has 2 aromatic carbocycles. The summed E-state index contributed by atoms with van der Waals surface area (Å²) in [7, 11) is 0. The number of fused-ring (bicyclic) bond motifs is 3. The smallest absolute Gasteiger partial charge is 0.358 e. The molecule has 0 bridgehead atoms. The summed E-state index contributed by atoms with van der Waals surface area (Å²) in [5.41, 5.74) is -1.05. The summed E-state index contributed by atoms with van der Waals surface area (Å²) >= 11 is 0. The number of rotatable bonds is 18. The second kappa shape index (κ2) is 17.2. The van der Waals surface area contributed by atoms with Crippen molar-refractivity contribution < 1.29 is 36.7 Å². The molecule has 0 spiro atoms. The van der Waals surface area contributed by atoms with Crippen LogP contribution in [0.1, 0.15) is 95.0 Å². The monoisotopic (exact) mass is 750 g/mol. The van der Waals surface area contributed by atoms with Gasteiger partial charge in [-0.3, -0.25) is 19.2 Å². The zero-order valence-electron chi connectivity index (χ0n) is 31.4. The van der Waals surface area contributed by atoms with Gasteiger partial charge in [-0.25, -0.2) is 9.37 Å². The van der Waals surface area contributed by atoms with E-state index in [-0.39, 0.29) is 97.6 Å². The molecule has 1 amide bonds. The second-order valence-corrected chi connectivity index (χ2v) is 15.1. The van der Waals surface area contributed by atoms with Crippen molar-refractivity contribution >= 4 is 34.2 Å². The van der Waals surface area contributed by atoms with Crippen LogP contribution in [0.4, 0.5) is 17.6 Å². The number of ketones is 3.